The van der Waals surface area contributed by atoms with Crippen molar-refractivity contribution in [3.8, 4) is 0 Å². The van der Waals surface area contributed by atoms with Crippen molar-refractivity contribution in [2.45, 2.75) is 34.1 Å². The molecule has 3 nitrogen and oxygen atoms in total. The van der Waals surface area contributed by atoms with Gasteiger partial charge in [-0.2, -0.15) is 0 Å². The minimum Gasteiger partial charge on any atom is -0.398 e. The number of aliphatic imine (C=N–C) groups is 1. The van der Waals surface area contributed by atoms with Gasteiger partial charge in [0.15, 0.2) is 5.78 Å². The van der Waals surface area contributed by atoms with E-state index in [9.17, 15) is 4.79 Å². The summed E-state index contributed by atoms with van der Waals surface area (Å²) >= 11 is 0. The molecule has 0 saturated carbocycles. The number of nitrogens with zero attached hydrogens (tertiary/aromatic N) is 1. The van der Waals surface area contributed by atoms with Gasteiger partial charge in [-0.15, -0.1) is 0 Å². The Bertz CT molecular complexity index is 325. The van der Waals surface area contributed by atoms with Crippen LogP contribution in [0.4, 0.5) is 0 Å². The monoisotopic (exact) mass is 222 g/mol. The lowest BCUT2D eigenvalue weighted by atomic mass is 9.94. The molecule has 0 rings (SSSR count). The van der Waals surface area contributed by atoms with Crippen molar-refractivity contribution in [2.75, 3.05) is 6.54 Å². The molecule has 0 unspecified atom stereocenters. The Hall–Kier alpha value is -1.38. The van der Waals surface area contributed by atoms with Gasteiger partial charge >= 0.3 is 0 Å². The third-order valence-corrected chi connectivity index (χ3v) is 2.25. The number of hydrogen-bond donors (Lipinski definition) is 1. The highest BCUT2D eigenvalue weighted by molar-refractivity contribution is 6.02. The van der Waals surface area contributed by atoms with Crippen LogP contribution in [0.25, 0.3) is 0 Å². The molecule has 0 spiro atoms. The summed E-state index contributed by atoms with van der Waals surface area (Å²) in [6, 6.07) is 0. The molecule has 0 aliphatic rings. The Labute approximate surface area is 98.1 Å². The summed E-state index contributed by atoms with van der Waals surface area (Å²) in [6.07, 6.45) is 2.41. The van der Waals surface area contributed by atoms with Crippen LogP contribution < -0.4 is 5.73 Å². The standard InChI is InChI=1S/C13H22N2O/c1-6-11(14)13(9(3)4)12(7-2)15-8-10(5)16/h6,9H,1,7-8,14H2,2-5H3/b13-11-,15-12?. The van der Waals surface area contributed by atoms with Crippen LogP contribution in [0.3, 0.4) is 0 Å². The van der Waals surface area contributed by atoms with E-state index in [4.69, 9.17) is 5.73 Å². The van der Waals surface area contributed by atoms with Gasteiger partial charge in [-0.05, 0) is 30.9 Å². The van der Waals surface area contributed by atoms with Gasteiger partial charge in [0.05, 0.1) is 6.54 Å². The van der Waals surface area contributed by atoms with Crippen LogP contribution in [0.15, 0.2) is 28.9 Å². The maximum atomic E-state index is 10.9. The van der Waals surface area contributed by atoms with Crippen LogP contribution in [0.2, 0.25) is 0 Å². The molecule has 0 aromatic rings. The third kappa shape index (κ3) is 4.43. The number of ketones is 1. The highest BCUT2D eigenvalue weighted by atomic mass is 16.1. The van der Waals surface area contributed by atoms with Crippen molar-refractivity contribution in [2.24, 2.45) is 16.6 Å². The van der Waals surface area contributed by atoms with E-state index < -0.39 is 0 Å². The van der Waals surface area contributed by atoms with E-state index in [1.807, 2.05) is 6.92 Å². The van der Waals surface area contributed by atoms with Gasteiger partial charge in [0.1, 0.15) is 0 Å². The molecule has 0 fully saturated rings. The summed E-state index contributed by atoms with van der Waals surface area (Å²) in [5.74, 6) is 0.342. The van der Waals surface area contributed by atoms with Crippen molar-refractivity contribution < 1.29 is 4.79 Å². The lowest BCUT2D eigenvalue weighted by Crippen LogP contribution is -2.15. The molecular formula is C13H22N2O. The van der Waals surface area contributed by atoms with Gasteiger partial charge in [-0.3, -0.25) is 9.79 Å². The van der Waals surface area contributed by atoms with E-state index in [1.165, 1.54) is 6.92 Å². The topological polar surface area (TPSA) is 55.4 Å². The average molecular weight is 222 g/mol. The van der Waals surface area contributed by atoms with Crippen LogP contribution in [0, 0.1) is 5.92 Å². The number of allylic oxidation sites excluding steroid dienone is 2. The molecule has 0 saturated heterocycles. The third-order valence-electron chi connectivity index (χ3n) is 2.25. The lowest BCUT2D eigenvalue weighted by molar-refractivity contribution is -0.115. The molecule has 0 radical (unpaired) electrons. The zero-order valence-electron chi connectivity index (χ0n) is 10.7. The summed E-state index contributed by atoms with van der Waals surface area (Å²) in [4.78, 5) is 15.2. The summed E-state index contributed by atoms with van der Waals surface area (Å²) in [7, 11) is 0. The summed E-state index contributed by atoms with van der Waals surface area (Å²) in [6.45, 7) is 11.6. The van der Waals surface area contributed by atoms with Gasteiger partial charge in [0.25, 0.3) is 0 Å². The van der Waals surface area contributed by atoms with Crippen molar-refractivity contribution >= 4 is 11.5 Å². The predicted molar refractivity (Wildman–Crippen MR) is 69.5 cm³/mol. The van der Waals surface area contributed by atoms with E-state index >= 15 is 0 Å². The zero-order valence-corrected chi connectivity index (χ0v) is 10.7. The molecule has 0 bridgehead atoms. The maximum Gasteiger partial charge on any atom is 0.151 e. The van der Waals surface area contributed by atoms with Crippen LogP contribution >= 0.6 is 0 Å². The first-order chi connectivity index (χ1) is 7.43. The van der Waals surface area contributed by atoms with Crippen LogP contribution in [-0.2, 0) is 4.79 Å². The SMILES string of the molecule is C=C/C(N)=C(/C(CC)=NCC(C)=O)C(C)C. The Kier molecular flexibility index (Phi) is 6.38. The van der Waals surface area contributed by atoms with E-state index in [0.717, 1.165) is 17.7 Å². The second-order valence-corrected chi connectivity index (χ2v) is 4.05. The fourth-order valence-corrected chi connectivity index (χ4v) is 1.54. The molecule has 0 heterocycles. The first-order valence-electron chi connectivity index (χ1n) is 5.59. The lowest BCUT2D eigenvalue weighted by Gasteiger charge is -2.15. The number of carbonyl (C=O) groups excluding carboxylic acids is 1. The fraction of sp³-hybridized carbons (Fsp3) is 0.538. The van der Waals surface area contributed by atoms with Crippen molar-refractivity contribution in [1.29, 1.82) is 0 Å². The molecule has 0 atom stereocenters. The summed E-state index contributed by atoms with van der Waals surface area (Å²) < 4.78 is 0. The second-order valence-electron chi connectivity index (χ2n) is 4.05. The molecule has 0 aromatic carbocycles. The smallest absolute Gasteiger partial charge is 0.151 e. The first kappa shape index (κ1) is 14.6. The van der Waals surface area contributed by atoms with E-state index in [-0.39, 0.29) is 18.2 Å². The Morgan fingerprint density at radius 2 is 2.06 bits per heavy atom. The van der Waals surface area contributed by atoms with E-state index in [0.29, 0.717) is 5.70 Å². The number of carbonyl (C=O) groups is 1. The molecular weight excluding hydrogens is 200 g/mol. The van der Waals surface area contributed by atoms with Crippen molar-refractivity contribution in [3.05, 3.63) is 23.9 Å². The molecule has 3 heteroatoms. The Morgan fingerprint density at radius 3 is 2.38 bits per heavy atom. The number of hydrogen-bond acceptors (Lipinski definition) is 3. The number of nitrogens with two attached hydrogens (primary N) is 1. The normalized spacial score (nSPS) is 13.7. The largest absolute Gasteiger partial charge is 0.398 e. The molecule has 90 valence electrons. The maximum absolute atomic E-state index is 10.9. The minimum atomic E-state index is 0.0613. The van der Waals surface area contributed by atoms with Crippen LogP contribution in [0.1, 0.15) is 34.1 Å². The molecule has 2 N–H and O–H groups in total. The average Bonchev–Trinajstić information content (AvgIpc) is 2.22. The summed E-state index contributed by atoms with van der Waals surface area (Å²) in [5, 5.41) is 0. The zero-order chi connectivity index (χ0) is 12.7. The predicted octanol–water partition coefficient (Wildman–Crippen LogP) is 2.48. The van der Waals surface area contributed by atoms with Crippen LogP contribution in [0.5, 0.6) is 0 Å². The van der Waals surface area contributed by atoms with Gasteiger partial charge < -0.3 is 5.73 Å². The Morgan fingerprint density at radius 1 is 1.50 bits per heavy atom. The molecule has 0 amide bonds. The minimum absolute atomic E-state index is 0.0613. The van der Waals surface area contributed by atoms with Gasteiger partial charge in [-0.25, -0.2) is 0 Å². The van der Waals surface area contributed by atoms with Gasteiger partial charge in [-0.1, -0.05) is 27.4 Å². The van der Waals surface area contributed by atoms with Crippen LogP contribution in [-0.4, -0.2) is 18.0 Å². The van der Waals surface area contributed by atoms with E-state index in [2.05, 4.69) is 25.4 Å². The van der Waals surface area contributed by atoms with Gasteiger partial charge in [0, 0.05) is 11.4 Å². The molecule has 0 aliphatic heterocycles. The summed E-state index contributed by atoms with van der Waals surface area (Å²) in [5.41, 5.74) is 8.45. The highest BCUT2D eigenvalue weighted by Crippen LogP contribution is 2.17. The van der Waals surface area contributed by atoms with Crippen molar-refractivity contribution in [1.82, 2.24) is 0 Å². The molecule has 0 aliphatic carbocycles. The highest BCUT2D eigenvalue weighted by Gasteiger charge is 2.12. The fourth-order valence-electron chi connectivity index (χ4n) is 1.54. The second kappa shape index (κ2) is 6.99. The molecule has 0 aromatic heterocycles. The Balaban J connectivity index is 5.24. The van der Waals surface area contributed by atoms with Gasteiger partial charge in [0.2, 0.25) is 0 Å². The molecule has 16 heavy (non-hydrogen) atoms. The quantitative estimate of drug-likeness (QED) is 0.554. The van der Waals surface area contributed by atoms with Crippen molar-refractivity contribution in [3.63, 3.8) is 0 Å². The number of rotatable bonds is 6. The number of Topliss-reactive ketones (excluding diaryl/α,β-unsaturated/α-hetero) is 1. The first-order valence-corrected chi connectivity index (χ1v) is 5.59. The van der Waals surface area contributed by atoms with E-state index in [1.54, 1.807) is 6.08 Å².